The maximum absolute atomic E-state index is 12.3. The molecule has 0 spiro atoms. The van der Waals surface area contributed by atoms with Gasteiger partial charge in [-0.15, -0.1) is 0 Å². The fourth-order valence-electron chi connectivity index (χ4n) is 3.52. The third-order valence-electron chi connectivity index (χ3n) is 4.94. The zero-order valence-electron chi connectivity index (χ0n) is 15.5. The first-order chi connectivity index (χ1) is 13.7. The van der Waals surface area contributed by atoms with Gasteiger partial charge in [-0.05, 0) is 43.0 Å². The van der Waals surface area contributed by atoms with Gasteiger partial charge in [-0.25, -0.2) is 9.97 Å². The number of hydrogen-bond donors (Lipinski definition) is 3. The van der Waals surface area contributed by atoms with E-state index in [4.69, 9.17) is 5.73 Å². The van der Waals surface area contributed by atoms with Crippen LogP contribution < -0.4 is 16.4 Å². The van der Waals surface area contributed by atoms with Crippen molar-refractivity contribution in [3.8, 4) is 0 Å². The second kappa shape index (κ2) is 8.18. The maximum Gasteiger partial charge on any atom is 0.278 e. The predicted octanol–water partition coefficient (Wildman–Crippen LogP) is 2.02. The number of carbonyl (C=O) groups excluding carboxylic acids is 1. The third kappa shape index (κ3) is 4.17. The molecule has 2 aromatic heterocycles. The normalized spacial score (nSPS) is 14.7. The quantitative estimate of drug-likeness (QED) is 0.627. The minimum atomic E-state index is -0.405. The van der Waals surface area contributed by atoms with E-state index < -0.39 is 5.91 Å². The van der Waals surface area contributed by atoms with Gasteiger partial charge in [0.25, 0.3) is 5.91 Å². The lowest BCUT2D eigenvalue weighted by Crippen LogP contribution is -2.26. The first-order valence-corrected chi connectivity index (χ1v) is 9.39. The summed E-state index contributed by atoms with van der Waals surface area (Å²) >= 11 is 0. The average Bonchev–Trinajstić information content (AvgIpc) is 3.16. The lowest BCUT2D eigenvalue weighted by molar-refractivity contribution is 0.102. The Labute approximate surface area is 163 Å². The van der Waals surface area contributed by atoms with E-state index in [9.17, 15) is 4.79 Å². The lowest BCUT2D eigenvalue weighted by Gasteiger charge is -2.23. The Hall–Kier alpha value is -3.26. The highest BCUT2D eigenvalue weighted by Gasteiger charge is 2.16. The summed E-state index contributed by atoms with van der Waals surface area (Å²) in [5.41, 5.74) is 8.97. The summed E-state index contributed by atoms with van der Waals surface area (Å²) < 4.78 is 1.80. The number of piperidine rings is 1. The Kier molecular flexibility index (Phi) is 5.29. The molecule has 0 bridgehead atoms. The smallest absolute Gasteiger partial charge is 0.278 e. The van der Waals surface area contributed by atoms with E-state index in [-0.39, 0.29) is 11.5 Å². The molecular formula is C20H23N7O. The van der Waals surface area contributed by atoms with E-state index in [1.807, 2.05) is 0 Å². The van der Waals surface area contributed by atoms with Gasteiger partial charge < -0.3 is 16.4 Å². The van der Waals surface area contributed by atoms with Crippen molar-refractivity contribution in [3.63, 3.8) is 0 Å². The van der Waals surface area contributed by atoms with Crippen molar-refractivity contribution in [2.75, 3.05) is 24.1 Å². The molecule has 28 heavy (non-hydrogen) atoms. The van der Waals surface area contributed by atoms with Gasteiger partial charge in [-0.2, -0.15) is 5.10 Å². The van der Waals surface area contributed by atoms with Gasteiger partial charge in [-0.1, -0.05) is 24.3 Å². The Balaban J connectivity index is 1.42. The zero-order chi connectivity index (χ0) is 19.3. The van der Waals surface area contributed by atoms with Gasteiger partial charge in [0.05, 0.1) is 18.4 Å². The van der Waals surface area contributed by atoms with Gasteiger partial charge in [0.2, 0.25) is 0 Å². The summed E-state index contributed by atoms with van der Waals surface area (Å²) in [5.74, 6) is 0.311. The number of nitrogens with two attached hydrogens (primary N) is 1. The van der Waals surface area contributed by atoms with Crippen LogP contribution in [0.2, 0.25) is 0 Å². The van der Waals surface area contributed by atoms with Crippen LogP contribution in [0.3, 0.4) is 0 Å². The van der Waals surface area contributed by atoms with Crippen molar-refractivity contribution in [1.82, 2.24) is 25.1 Å². The molecule has 1 fully saturated rings. The third-order valence-corrected chi connectivity index (χ3v) is 4.94. The molecule has 1 aliphatic rings. The highest BCUT2D eigenvalue weighted by Crippen LogP contribution is 2.26. The first-order valence-electron chi connectivity index (χ1n) is 9.39. The second-order valence-corrected chi connectivity index (χ2v) is 6.94. The largest absolute Gasteiger partial charge is 0.382 e. The molecule has 4 rings (SSSR count). The van der Waals surface area contributed by atoms with E-state index in [0.717, 1.165) is 13.1 Å². The summed E-state index contributed by atoms with van der Waals surface area (Å²) in [6.45, 7) is 2.79. The van der Waals surface area contributed by atoms with E-state index in [1.54, 1.807) is 17.1 Å². The molecular weight excluding hydrogens is 354 g/mol. The number of nitrogens with zero attached hydrogens (tertiary/aromatic N) is 4. The minimum Gasteiger partial charge on any atom is -0.382 e. The average molecular weight is 377 g/mol. The van der Waals surface area contributed by atoms with Crippen LogP contribution >= 0.6 is 0 Å². The van der Waals surface area contributed by atoms with Crippen molar-refractivity contribution in [1.29, 1.82) is 0 Å². The number of nitrogen functional groups attached to an aromatic ring is 1. The molecule has 8 heteroatoms. The highest BCUT2D eigenvalue weighted by atomic mass is 16.1. The van der Waals surface area contributed by atoms with E-state index in [1.165, 1.54) is 36.4 Å². The van der Waals surface area contributed by atoms with Crippen LogP contribution in [0.4, 0.5) is 11.5 Å². The van der Waals surface area contributed by atoms with Crippen molar-refractivity contribution < 1.29 is 4.79 Å². The Bertz CT molecular complexity index is 962. The molecule has 0 aliphatic carbocycles. The predicted molar refractivity (Wildman–Crippen MR) is 107 cm³/mol. The summed E-state index contributed by atoms with van der Waals surface area (Å²) in [4.78, 5) is 20.1. The number of amides is 1. The molecule has 4 N–H and O–H groups in total. The molecule has 1 aromatic carbocycles. The lowest BCUT2D eigenvalue weighted by atomic mass is 9.89. The summed E-state index contributed by atoms with van der Waals surface area (Å²) in [6.07, 6.45) is 8.63. The highest BCUT2D eigenvalue weighted by molar-refractivity contribution is 6.05. The Morgan fingerprint density at radius 1 is 1.25 bits per heavy atom. The van der Waals surface area contributed by atoms with Gasteiger partial charge in [-0.3, -0.25) is 9.48 Å². The molecule has 0 unspecified atom stereocenters. The van der Waals surface area contributed by atoms with E-state index >= 15 is 0 Å². The summed E-state index contributed by atoms with van der Waals surface area (Å²) in [6, 6.07) is 8.68. The number of aromatic nitrogens is 4. The van der Waals surface area contributed by atoms with Gasteiger partial charge in [0, 0.05) is 18.6 Å². The fraction of sp³-hybridized carbons (Fsp3) is 0.300. The molecule has 1 amide bonds. The summed E-state index contributed by atoms with van der Waals surface area (Å²) in [7, 11) is 0. The van der Waals surface area contributed by atoms with E-state index in [2.05, 4.69) is 50.0 Å². The number of rotatable bonds is 5. The van der Waals surface area contributed by atoms with Crippen molar-refractivity contribution in [2.24, 2.45) is 0 Å². The molecule has 0 radical (unpaired) electrons. The summed E-state index contributed by atoms with van der Waals surface area (Å²) in [5, 5.41) is 10.5. The Morgan fingerprint density at radius 2 is 2.07 bits per heavy atom. The molecule has 0 saturated carbocycles. The van der Waals surface area contributed by atoms with Crippen molar-refractivity contribution in [2.45, 2.75) is 25.3 Å². The number of anilines is 2. The van der Waals surface area contributed by atoms with Gasteiger partial charge in [0.15, 0.2) is 11.5 Å². The molecule has 1 aliphatic heterocycles. The topological polar surface area (TPSA) is 111 Å². The van der Waals surface area contributed by atoms with Crippen LogP contribution in [-0.2, 0) is 6.54 Å². The monoisotopic (exact) mass is 377 g/mol. The number of hydrogen-bond acceptors (Lipinski definition) is 6. The van der Waals surface area contributed by atoms with Crippen LogP contribution in [0.25, 0.3) is 0 Å². The number of carbonyl (C=O) groups is 1. The molecule has 3 aromatic rings. The molecule has 0 atom stereocenters. The first kappa shape index (κ1) is 18.1. The van der Waals surface area contributed by atoms with Crippen LogP contribution in [0.15, 0.2) is 49.1 Å². The number of nitrogens with one attached hydrogen (secondary N) is 2. The van der Waals surface area contributed by atoms with Gasteiger partial charge >= 0.3 is 0 Å². The Morgan fingerprint density at radius 3 is 2.89 bits per heavy atom. The van der Waals surface area contributed by atoms with Gasteiger partial charge in [0.1, 0.15) is 0 Å². The molecule has 8 nitrogen and oxygen atoms in total. The van der Waals surface area contributed by atoms with Crippen molar-refractivity contribution >= 4 is 17.4 Å². The minimum absolute atomic E-state index is 0.0992. The van der Waals surface area contributed by atoms with Crippen LogP contribution in [-0.4, -0.2) is 38.7 Å². The van der Waals surface area contributed by atoms with Crippen LogP contribution in [0.1, 0.15) is 40.4 Å². The van der Waals surface area contributed by atoms with E-state index in [0.29, 0.717) is 18.2 Å². The molecule has 3 heterocycles. The van der Waals surface area contributed by atoms with Crippen molar-refractivity contribution in [3.05, 3.63) is 65.9 Å². The van der Waals surface area contributed by atoms with Crippen LogP contribution in [0.5, 0.6) is 0 Å². The molecule has 1 saturated heterocycles. The number of benzene rings is 1. The fourth-order valence-corrected chi connectivity index (χ4v) is 3.52. The standard InChI is InChI=1S/C20H23N7O/c21-19-18(23-8-9-24-19)20(28)26-17-11-25-27(13-17)12-14-2-1-3-16(10-14)15-4-6-22-7-5-15/h1-3,8-11,13,15,22H,4-7,12H2,(H2,21,24)(H,26,28). The second-order valence-electron chi connectivity index (χ2n) is 6.94. The zero-order valence-corrected chi connectivity index (χ0v) is 15.5. The maximum atomic E-state index is 12.3. The molecule has 144 valence electrons. The SMILES string of the molecule is Nc1nccnc1C(=O)Nc1cnn(Cc2cccc(C3CCNCC3)c2)c1. The van der Waals surface area contributed by atoms with Crippen LogP contribution in [0, 0.1) is 0 Å².